The van der Waals surface area contributed by atoms with Gasteiger partial charge in [0.05, 0.1) is 10.6 Å². The monoisotopic (exact) mass is 581 g/mol. The number of nitrogens with zero attached hydrogens (tertiary/aromatic N) is 5. The van der Waals surface area contributed by atoms with Crippen LogP contribution in [0.15, 0.2) is 77.4 Å². The molecular formula is C33H35N5O3S. The van der Waals surface area contributed by atoms with Gasteiger partial charge in [-0.15, -0.1) is 0 Å². The first-order chi connectivity index (χ1) is 20.3. The van der Waals surface area contributed by atoms with Crippen molar-refractivity contribution in [3.8, 4) is 17.3 Å². The van der Waals surface area contributed by atoms with E-state index < -0.39 is 17.7 Å². The number of amides is 3. The topological polar surface area (TPSA) is 97.6 Å². The van der Waals surface area contributed by atoms with E-state index in [2.05, 4.69) is 18.7 Å². The molecular weight excluding hydrogens is 546 g/mol. The van der Waals surface area contributed by atoms with Crippen molar-refractivity contribution >= 4 is 40.3 Å². The van der Waals surface area contributed by atoms with Crippen LogP contribution in [0.1, 0.15) is 61.7 Å². The molecule has 2 heterocycles. The van der Waals surface area contributed by atoms with Crippen molar-refractivity contribution in [3.63, 3.8) is 0 Å². The third-order valence-electron chi connectivity index (χ3n) is 7.13. The Morgan fingerprint density at radius 1 is 0.976 bits per heavy atom. The van der Waals surface area contributed by atoms with Gasteiger partial charge in [0.2, 0.25) is 0 Å². The summed E-state index contributed by atoms with van der Waals surface area (Å²) in [6, 6.07) is 20.1. The second-order valence-corrected chi connectivity index (χ2v) is 11.1. The van der Waals surface area contributed by atoms with E-state index in [0.29, 0.717) is 5.56 Å². The molecule has 0 atom stereocenters. The Hall–Kier alpha value is -4.55. The Morgan fingerprint density at radius 3 is 2.14 bits per heavy atom. The molecule has 42 heavy (non-hydrogen) atoms. The normalized spacial score (nSPS) is 14.4. The van der Waals surface area contributed by atoms with Crippen LogP contribution in [-0.2, 0) is 9.59 Å². The second-order valence-electron chi connectivity index (χ2n) is 10.1. The summed E-state index contributed by atoms with van der Waals surface area (Å²) in [5.74, 6) is -2.05. The van der Waals surface area contributed by atoms with Crippen LogP contribution >= 0.6 is 11.3 Å². The number of aromatic nitrogens is 1. The lowest BCUT2D eigenvalue weighted by Crippen LogP contribution is -2.53. The number of imide groups is 1. The fourth-order valence-corrected chi connectivity index (χ4v) is 5.77. The summed E-state index contributed by atoms with van der Waals surface area (Å²) in [5, 5.41) is 12.5. The molecule has 0 fully saturated rings. The molecule has 0 spiro atoms. The number of unbranched alkanes of at least 4 members (excludes halogenated alkanes) is 2. The van der Waals surface area contributed by atoms with E-state index >= 15 is 0 Å². The third kappa shape index (κ3) is 6.34. The van der Waals surface area contributed by atoms with Gasteiger partial charge in [-0.2, -0.15) is 10.3 Å². The molecule has 216 valence electrons. The molecule has 4 rings (SSSR count). The molecule has 0 saturated carbocycles. The summed E-state index contributed by atoms with van der Waals surface area (Å²) in [6.45, 7) is 7.66. The highest BCUT2D eigenvalue weighted by atomic mass is 32.1. The van der Waals surface area contributed by atoms with Gasteiger partial charge in [-0.25, -0.2) is 9.99 Å². The second kappa shape index (κ2) is 13.9. The Balaban J connectivity index is 1.83. The Labute approximate surface area is 251 Å². The zero-order chi connectivity index (χ0) is 30.2. The van der Waals surface area contributed by atoms with E-state index in [-0.39, 0.29) is 16.7 Å². The highest BCUT2D eigenvalue weighted by Crippen LogP contribution is 2.37. The number of nitriles is 1. The standard InChI is InChI=1S/C33H35N5O3S/c1-5-7-19-37(20-8-6-2)33-35-29(24-15-11-9-12-16-24)28(42-33)21-26-23(3)27(22-34)32(41)38(31(26)40)36(4)30(39)25-17-13-10-14-18-25/h9-18,21H,5-8,19-20H2,1-4H3/b26-21-. The number of hydrogen-bond acceptors (Lipinski definition) is 7. The van der Waals surface area contributed by atoms with Gasteiger partial charge < -0.3 is 4.90 Å². The van der Waals surface area contributed by atoms with Crippen LogP contribution in [0.4, 0.5) is 5.13 Å². The van der Waals surface area contributed by atoms with Gasteiger partial charge in [-0.05, 0) is 43.5 Å². The maximum atomic E-state index is 13.9. The number of anilines is 1. The van der Waals surface area contributed by atoms with Crippen LogP contribution in [0, 0.1) is 11.3 Å². The summed E-state index contributed by atoms with van der Waals surface area (Å²) in [6.07, 6.45) is 5.89. The van der Waals surface area contributed by atoms with Crippen molar-refractivity contribution in [2.24, 2.45) is 0 Å². The minimum atomic E-state index is -0.831. The lowest BCUT2D eigenvalue weighted by atomic mass is 9.95. The Bertz CT molecular complexity index is 1550. The molecule has 0 unspecified atom stereocenters. The summed E-state index contributed by atoms with van der Waals surface area (Å²) in [5.41, 5.74) is 2.18. The Kier molecular flexibility index (Phi) is 10.0. The number of carbonyl (C=O) groups excluding carboxylic acids is 3. The van der Waals surface area contributed by atoms with Gasteiger partial charge in [-0.1, -0.05) is 86.6 Å². The molecule has 1 aliphatic rings. The number of benzene rings is 2. The predicted molar refractivity (Wildman–Crippen MR) is 166 cm³/mol. The van der Waals surface area contributed by atoms with Crippen molar-refractivity contribution in [2.75, 3.05) is 25.0 Å². The first-order valence-electron chi connectivity index (χ1n) is 14.2. The molecule has 1 aliphatic heterocycles. The van der Waals surface area contributed by atoms with Crippen LogP contribution in [-0.4, -0.2) is 52.9 Å². The van der Waals surface area contributed by atoms with Crippen molar-refractivity contribution in [1.29, 1.82) is 5.26 Å². The predicted octanol–water partition coefficient (Wildman–Crippen LogP) is 6.50. The van der Waals surface area contributed by atoms with Gasteiger partial charge in [0.1, 0.15) is 11.6 Å². The highest BCUT2D eigenvalue weighted by Gasteiger charge is 2.40. The zero-order valence-corrected chi connectivity index (χ0v) is 25.3. The van der Waals surface area contributed by atoms with Crippen molar-refractivity contribution in [3.05, 3.63) is 87.8 Å². The van der Waals surface area contributed by atoms with E-state index in [0.717, 1.165) is 70.1 Å². The van der Waals surface area contributed by atoms with E-state index in [9.17, 15) is 19.6 Å². The van der Waals surface area contributed by atoms with Crippen molar-refractivity contribution in [1.82, 2.24) is 15.0 Å². The fourth-order valence-electron chi connectivity index (χ4n) is 4.69. The van der Waals surface area contributed by atoms with Crippen LogP contribution in [0.5, 0.6) is 0 Å². The van der Waals surface area contributed by atoms with Crippen LogP contribution < -0.4 is 4.90 Å². The van der Waals surface area contributed by atoms with Gasteiger partial charge in [0.25, 0.3) is 17.7 Å². The molecule has 3 aromatic rings. The van der Waals surface area contributed by atoms with E-state index in [1.54, 1.807) is 43.3 Å². The molecule has 0 radical (unpaired) electrons. The molecule has 3 amide bonds. The van der Waals surface area contributed by atoms with Crippen molar-refractivity contribution in [2.45, 2.75) is 46.5 Å². The van der Waals surface area contributed by atoms with E-state index in [1.807, 2.05) is 36.4 Å². The van der Waals surface area contributed by atoms with Gasteiger partial charge in [-0.3, -0.25) is 14.4 Å². The molecule has 0 saturated heterocycles. The number of thiazole rings is 1. The minimum absolute atomic E-state index is 0.167. The molecule has 2 aromatic carbocycles. The molecule has 0 bridgehead atoms. The molecule has 9 heteroatoms. The highest BCUT2D eigenvalue weighted by molar-refractivity contribution is 7.17. The van der Waals surface area contributed by atoms with Crippen LogP contribution in [0.2, 0.25) is 0 Å². The van der Waals surface area contributed by atoms with E-state index in [1.165, 1.54) is 18.4 Å². The van der Waals surface area contributed by atoms with Gasteiger partial charge >= 0.3 is 0 Å². The average molecular weight is 582 g/mol. The first-order valence-corrected chi connectivity index (χ1v) is 15.0. The number of hydrazine groups is 1. The summed E-state index contributed by atoms with van der Waals surface area (Å²) in [4.78, 5) is 48.5. The SMILES string of the molecule is CCCCN(CCCC)c1nc(-c2ccccc2)c(/C=C2\C(=O)N(N(C)C(=O)c3ccccc3)C(=O)C(C#N)=C2C)s1. The molecule has 0 N–H and O–H groups in total. The number of hydrogen-bond donors (Lipinski definition) is 0. The maximum absolute atomic E-state index is 13.9. The minimum Gasteiger partial charge on any atom is -0.348 e. The van der Waals surface area contributed by atoms with Crippen LogP contribution in [0.25, 0.3) is 17.3 Å². The van der Waals surface area contributed by atoms with Gasteiger partial charge in [0.15, 0.2) is 5.13 Å². The molecule has 0 aliphatic carbocycles. The largest absolute Gasteiger partial charge is 0.348 e. The van der Waals surface area contributed by atoms with E-state index in [4.69, 9.17) is 4.98 Å². The number of rotatable bonds is 11. The quantitative estimate of drug-likeness (QED) is 0.190. The molecule has 1 aromatic heterocycles. The summed E-state index contributed by atoms with van der Waals surface area (Å²) in [7, 11) is 1.36. The number of carbonyl (C=O) groups is 3. The smallest absolute Gasteiger partial charge is 0.290 e. The van der Waals surface area contributed by atoms with Gasteiger partial charge in [0, 0.05) is 36.8 Å². The Morgan fingerprint density at radius 2 is 1.57 bits per heavy atom. The first kappa shape index (κ1) is 30.4. The summed E-state index contributed by atoms with van der Waals surface area (Å²) >= 11 is 1.48. The third-order valence-corrected chi connectivity index (χ3v) is 8.20. The maximum Gasteiger partial charge on any atom is 0.290 e. The fraction of sp³-hybridized carbons (Fsp3) is 0.303. The lowest BCUT2D eigenvalue weighted by Gasteiger charge is -2.33. The lowest BCUT2D eigenvalue weighted by molar-refractivity contribution is -0.153. The van der Waals surface area contributed by atoms with Crippen LogP contribution in [0.3, 0.4) is 0 Å². The molecule has 8 nitrogen and oxygen atoms in total. The zero-order valence-electron chi connectivity index (χ0n) is 24.5. The average Bonchev–Trinajstić information content (AvgIpc) is 3.43. The summed E-state index contributed by atoms with van der Waals surface area (Å²) < 4.78 is 0. The van der Waals surface area contributed by atoms with Crippen molar-refractivity contribution < 1.29 is 14.4 Å².